The summed E-state index contributed by atoms with van der Waals surface area (Å²) in [6.07, 6.45) is 1.93. The fourth-order valence-corrected chi connectivity index (χ4v) is 9.27. The highest BCUT2D eigenvalue weighted by Crippen LogP contribution is 2.64. The monoisotopic (exact) mass is 816 g/mol. The fourth-order valence-electron chi connectivity index (χ4n) is 8.13. The number of hydrogen-bond donors (Lipinski definition) is 1. The molecule has 13 heteroatoms. The Kier molecular flexibility index (Phi) is 7.81. The molecule has 2 amide bonds. The second kappa shape index (κ2) is 12.0. The number of imide groups is 1. The molecular weight excluding hydrogens is 792 g/mol. The van der Waals surface area contributed by atoms with E-state index < -0.39 is 46.5 Å². The molecule has 0 unspecified atom stereocenters. The average molecular weight is 819 g/mol. The minimum Gasteiger partial charge on any atom is -0.503 e. The number of carbonyl (C=O) groups is 2. The van der Waals surface area contributed by atoms with E-state index in [-0.39, 0.29) is 28.9 Å². The van der Waals surface area contributed by atoms with Gasteiger partial charge in [-0.15, -0.1) is 0 Å². The molecule has 2 aliphatic heterocycles. The number of rotatable bonds is 5. The maximum Gasteiger partial charge on any atom is 0.352 e. The lowest BCUT2D eigenvalue weighted by Crippen LogP contribution is -2.53. The third-order valence-corrected chi connectivity index (χ3v) is 12.5. The van der Waals surface area contributed by atoms with Crippen molar-refractivity contribution in [2.24, 2.45) is 5.92 Å². The number of anilines is 1. The zero-order valence-corrected chi connectivity index (χ0v) is 30.2. The quantitative estimate of drug-likeness (QED) is 0.160. The molecule has 1 aliphatic carbocycles. The molecule has 1 saturated heterocycles. The van der Waals surface area contributed by atoms with Crippen molar-refractivity contribution in [3.05, 3.63) is 149 Å². The van der Waals surface area contributed by atoms with E-state index >= 15 is 4.79 Å². The van der Waals surface area contributed by atoms with Gasteiger partial charge in [0.2, 0.25) is 11.8 Å². The smallest absolute Gasteiger partial charge is 0.352 e. The van der Waals surface area contributed by atoms with Crippen LogP contribution in [0.4, 0.5) is 5.69 Å². The van der Waals surface area contributed by atoms with Crippen molar-refractivity contribution in [3.8, 4) is 17.2 Å². The summed E-state index contributed by atoms with van der Waals surface area (Å²) < 4.78 is 10.3. The highest BCUT2D eigenvalue weighted by molar-refractivity contribution is 9.13. The van der Waals surface area contributed by atoms with Gasteiger partial charge in [-0.3, -0.25) is 9.59 Å². The van der Waals surface area contributed by atoms with E-state index in [1.165, 1.54) is 21.4 Å². The van der Waals surface area contributed by atoms with Crippen LogP contribution < -0.4 is 21.0 Å². The van der Waals surface area contributed by atoms with Crippen LogP contribution in [-0.4, -0.2) is 38.0 Å². The number of phenolic OH excluding ortho intramolecular Hbond substituents is 1. The Labute approximate surface area is 307 Å². The number of phenols is 1. The van der Waals surface area contributed by atoms with Crippen LogP contribution >= 0.6 is 43.5 Å². The maximum atomic E-state index is 15.4. The largest absolute Gasteiger partial charge is 0.503 e. The molecule has 5 aromatic rings. The summed E-state index contributed by atoms with van der Waals surface area (Å²) in [6, 6.07) is 25.3. The van der Waals surface area contributed by atoms with Gasteiger partial charge in [-0.1, -0.05) is 72.3 Å². The van der Waals surface area contributed by atoms with Crippen molar-refractivity contribution < 1.29 is 19.4 Å². The number of amides is 2. The number of fused-ring (bicyclic) bond motifs is 4. The number of ether oxygens (including phenoxy) is 1. The highest BCUT2D eigenvalue weighted by atomic mass is 79.9. The van der Waals surface area contributed by atoms with Crippen LogP contribution in [0.15, 0.2) is 121 Å². The molecule has 4 atom stereocenters. The lowest BCUT2D eigenvalue weighted by Gasteiger charge is -2.49. The summed E-state index contributed by atoms with van der Waals surface area (Å²) in [6.45, 7) is 0.0416. The molecule has 1 aromatic heterocycles. The molecule has 1 saturated carbocycles. The zero-order valence-electron chi connectivity index (χ0n) is 26.3. The number of allylic oxidation sites excluding steroid dienone is 2. The van der Waals surface area contributed by atoms with E-state index in [1.54, 1.807) is 60.7 Å². The molecule has 8 rings (SSSR count). The molecule has 0 radical (unpaired) electrons. The summed E-state index contributed by atoms with van der Waals surface area (Å²) in [4.78, 5) is 59.7. The second-order valence-electron chi connectivity index (χ2n) is 12.4. The molecule has 4 aromatic carbocycles. The van der Waals surface area contributed by atoms with Gasteiger partial charge in [0, 0.05) is 15.4 Å². The van der Waals surface area contributed by atoms with Gasteiger partial charge in [-0.25, -0.2) is 28.4 Å². The summed E-state index contributed by atoms with van der Waals surface area (Å²) in [5.41, 5.74) is -0.0548. The van der Waals surface area contributed by atoms with E-state index in [9.17, 15) is 19.5 Å². The van der Waals surface area contributed by atoms with E-state index in [0.29, 0.717) is 37.6 Å². The van der Waals surface area contributed by atoms with Gasteiger partial charge in [0.15, 0.2) is 11.5 Å². The molecule has 3 heterocycles. The third kappa shape index (κ3) is 4.44. The molecule has 10 nitrogen and oxygen atoms in total. The number of methoxy groups -OCH3 is 1. The van der Waals surface area contributed by atoms with Crippen molar-refractivity contribution in [2.75, 3.05) is 12.0 Å². The Morgan fingerprint density at radius 3 is 2.22 bits per heavy atom. The second-order valence-corrected chi connectivity index (χ2v) is 14.5. The van der Waals surface area contributed by atoms with Crippen molar-refractivity contribution in [1.29, 1.82) is 0 Å². The molecule has 3 aliphatic rings. The average Bonchev–Trinajstić information content (AvgIpc) is 3.52. The Morgan fingerprint density at radius 1 is 0.860 bits per heavy atom. The summed E-state index contributed by atoms with van der Waals surface area (Å²) in [7, 11) is 1.42. The first-order valence-electron chi connectivity index (χ1n) is 15.7. The number of aromatic hydroxyl groups is 1. The van der Waals surface area contributed by atoms with Crippen molar-refractivity contribution in [2.45, 2.75) is 30.3 Å². The number of aromatic nitrogens is 3. The predicted octanol–water partition coefficient (Wildman–Crippen LogP) is 6.49. The normalized spacial score (nSPS) is 22.5. The lowest BCUT2D eigenvalue weighted by atomic mass is 9.53. The number of para-hydroxylation sites is 1. The first kappa shape index (κ1) is 32.5. The van der Waals surface area contributed by atoms with Crippen molar-refractivity contribution in [3.63, 3.8) is 0 Å². The zero-order chi connectivity index (χ0) is 35.1. The number of nitrogens with zero attached hydrogens (tertiary/aromatic N) is 4. The van der Waals surface area contributed by atoms with E-state index in [0.717, 1.165) is 4.57 Å². The minimum atomic E-state index is -1.53. The van der Waals surface area contributed by atoms with Gasteiger partial charge in [0.1, 0.15) is 0 Å². The van der Waals surface area contributed by atoms with Gasteiger partial charge in [-0.05, 0) is 91.4 Å². The summed E-state index contributed by atoms with van der Waals surface area (Å²) in [5, 5.41) is 11.3. The van der Waals surface area contributed by atoms with E-state index in [2.05, 4.69) is 31.9 Å². The third-order valence-electron chi connectivity index (χ3n) is 10.1. The molecule has 252 valence electrons. The number of hydrogen-bond acceptors (Lipinski definition) is 6. The van der Waals surface area contributed by atoms with Crippen LogP contribution in [0.25, 0.3) is 5.69 Å². The molecule has 2 fully saturated rings. The van der Waals surface area contributed by atoms with Crippen LogP contribution in [0.2, 0.25) is 5.02 Å². The van der Waals surface area contributed by atoms with Crippen LogP contribution in [0.5, 0.6) is 11.5 Å². The standard InChI is InChI=1S/C37H27Br2ClN4O6/c1-50-28-18-25(30(38)31(39)32(28)45)29-24-15-16-41-35(48)43(22-12-6-3-7-13-22)36(49)44(41)27(24)19-26-33(46)42(23-14-8-11-21(40)17-23)34(47)37(26,29)20-9-4-2-5-10-20/h2-15,17-18,26-27,29,45H,16,19H2,1H3/t26-,27+,29+,37+/m0/s1. The number of halogens is 3. The Morgan fingerprint density at radius 2 is 1.54 bits per heavy atom. The number of carbonyl (C=O) groups excluding carboxylic acids is 2. The van der Waals surface area contributed by atoms with Gasteiger partial charge < -0.3 is 9.84 Å². The molecule has 0 spiro atoms. The Bertz CT molecular complexity index is 2390. The van der Waals surface area contributed by atoms with Crippen LogP contribution in [0.3, 0.4) is 0 Å². The maximum absolute atomic E-state index is 15.4. The van der Waals surface area contributed by atoms with Gasteiger partial charge in [-0.2, -0.15) is 0 Å². The van der Waals surface area contributed by atoms with E-state index in [1.807, 2.05) is 36.4 Å². The Hall–Kier alpha value is -4.65. The molecule has 1 N–H and O–H groups in total. The number of benzene rings is 4. The van der Waals surface area contributed by atoms with Crippen LogP contribution in [0.1, 0.15) is 29.5 Å². The summed E-state index contributed by atoms with van der Waals surface area (Å²) >= 11 is 13.6. The highest BCUT2D eigenvalue weighted by Gasteiger charge is 2.69. The van der Waals surface area contributed by atoms with Crippen LogP contribution in [0, 0.1) is 5.92 Å². The fraction of sp³-hybridized carbons (Fsp3) is 0.189. The predicted molar refractivity (Wildman–Crippen MR) is 194 cm³/mol. The first-order chi connectivity index (χ1) is 24.1. The minimum absolute atomic E-state index is 0.0416. The van der Waals surface area contributed by atoms with Gasteiger partial charge in [0.05, 0.1) is 46.9 Å². The SMILES string of the molecule is COc1cc([C@H]2C3=CCn4c(=O)n(-c5ccccc5)c(=O)n4[C@@H]3C[C@H]3C(=O)N(c4cccc(Cl)c4)C(=O)[C@@]23c2ccccc2)c(Br)c(Br)c1O. The summed E-state index contributed by atoms with van der Waals surface area (Å²) in [5.74, 6) is -2.81. The van der Waals surface area contributed by atoms with Crippen molar-refractivity contribution >= 4 is 61.0 Å². The van der Waals surface area contributed by atoms with Crippen molar-refractivity contribution in [1.82, 2.24) is 13.9 Å². The van der Waals surface area contributed by atoms with Gasteiger partial charge in [0.25, 0.3) is 0 Å². The topological polar surface area (TPSA) is 116 Å². The lowest BCUT2D eigenvalue weighted by molar-refractivity contribution is -0.124. The van der Waals surface area contributed by atoms with Crippen LogP contribution in [-0.2, 0) is 21.5 Å². The first-order valence-corrected chi connectivity index (χ1v) is 17.7. The Balaban J connectivity index is 1.46. The molecule has 50 heavy (non-hydrogen) atoms. The molecule has 0 bridgehead atoms. The van der Waals surface area contributed by atoms with Gasteiger partial charge >= 0.3 is 11.4 Å². The van der Waals surface area contributed by atoms with E-state index in [4.69, 9.17) is 16.3 Å². The molecular formula is C37H27Br2ClN4O6.